The molecule has 7 rings (SSSR count). The maximum absolute atomic E-state index is 9.47. The fourth-order valence-electron chi connectivity index (χ4n) is 6.24. The van der Waals surface area contributed by atoms with E-state index < -0.39 is 0 Å². The Morgan fingerprint density at radius 3 is 1.56 bits per heavy atom. The molecule has 0 saturated heterocycles. The lowest BCUT2D eigenvalue weighted by Gasteiger charge is -2.18. The first-order valence-corrected chi connectivity index (χ1v) is 13.9. The molecule has 0 radical (unpaired) electrons. The van der Waals surface area contributed by atoms with Crippen LogP contribution < -0.4 is 0 Å². The minimum absolute atomic E-state index is 0.476. The first-order chi connectivity index (χ1) is 20.2. The molecule has 0 saturated carbocycles. The molecular weight excluding hydrogens is 494 g/mol. The van der Waals surface area contributed by atoms with Gasteiger partial charge in [-0.15, -0.1) is 0 Å². The van der Waals surface area contributed by atoms with Gasteiger partial charge in [0.05, 0.1) is 11.6 Å². The van der Waals surface area contributed by atoms with Crippen molar-refractivity contribution in [3.63, 3.8) is 0 Å². The smallest absolute Gasteiger partial charge is 0.0991 e. The molecule has 0 atom stereocenters. The van der Waals surface area contributed by atoms with E-state index in [9.17, 15) is 5.26 Å². The lowest BCUT2D eigenvalue weighted by molar-refractivity contribution is 1.49. The average Bonchev–Trinajstić information content (AvgIpc) is 3.03. The van der Waals surface area contributed by atoms with Gasteiger partial charge in [0.15, 0.2) is 0 Å². The number of fused-ring (bicyclic) bond motifs is 4. The third-order valence-corrected chi connectivity index (χ3v) is 8.16. The number of hydrogen-bond donors (Lipinski definition) is 0. The summed E-state index contributed by atoms with van der Waals surface area (Å²) in [4.78, 5) is 0. The first-order valence-electron chi connectivity index (χ1n) is 13.9. The summed E-state index contributed by atoms with van der Waals surface area (Å²) in [6.45, 7) is 5.91. The summed E-state index contributed by atoms with van der Waals surface area (Å²) in [5, 5.41) is 19.2. The van der Waals surface area contributed by atoms with Crippen molar-refractivity contribution in [3.8, 4) is 28.3 Å². The van der Waals surface area contributed by atoms with Crippen LogP contribution in [0.25, 0.3) is 70.9 Å². The zero-order valence-electron chi connectivity index (χ0n) is 22.9. The maximum atomic E-state index is 9.47. The molecule has 0 aromatic heterocycles. The second kappa shape index (κ2) is 9.94. The Balaban J connectivity index is 1.51. The molecule has 0 heterocycles. The highest BCUT2D eigenvalue weighted by atomic mass is 14.3. The summed E-state index contributed by atoms with van der Waals surface area (Å²) in [7, 11) is 0. The molecule has 0 aliphatic carbocycles. The molecule has 41 heavy (non-hydrogen) atoms. The lowest BCUT2D eigenvalue weighted by Crippen LogP contribution is -1.91. The van der Waals surface area contributed by atoms with Crippen LogP contribution in [-0.2, 0) is 0 Å². The predicted molar refractivity (Wildman–Crippen MR) is 176 cm³/mol. The highest BCUT2D eigenvalue weighted by Crippen LogP contribution is 2.44. The van der Waals surface area contributed by atoms with Gasteiger partial charge in [0.2, 0.25) is 0 Å². The van der Waals surface area contributed by atoms with Gasteiger partial charge in [0.25, 0.3) is 0 Å². The topological polar surface area (TPSA) is 23.8 Å². The van der Waals surface area contributed by atoms with Crippen molar-refractivity contribution in [1.29, 1.82) is 5.26 Å². The molecule has 0 aliphatic heterocycles. The standard InChI is InChI=1S/C40H27N/c1-3-34(26(2)25-41)30-19-16-28-18-21-32(24-33(28)23-30)40-37-14-8-6-12-35(37)39(36-13-7-9-15-38(36)40)31-20-17-27-10-4-5-11-29(27)22-31/h3-24H,2H2,1H3/b34-3+. The normalized spacial score (nSPS) is 11.8. The molecule has 0 amide bonds. The van der Waals surface area contributed by atoms with Crippen LogP contribution in [0, 0.1) is 11.3 Å². The van der Waals surface area contributed by atoms with Gasteiger partial charge in [0.1, 0.15) is 0 Å². The van der Waals surface area contributed by atoms with Crippen molar-refractivity contribution < 1.29 is 0 Å². The van der Waals surface area contributed by atoms with Gasteiger partial charge < -0.3 is 0 Å². The van der Waals surface area contributed by atoms with Crippen LogP contribution in [0.4, 0.5) is 0 Å². The lowest BCUT2D eigenvalue weighted by atomic mass is 9.85. The van der Waals surface area contributed by atoms with Gasteiger partial charge in [0, 0.05) is 0 Å². The molecule has 0 N–H and O–H groups in total. The molecule has 0 spiro atoms. The van der Waals surface area contributed by atoms with Gasteiger partial charge in [-0.1, -0.05) is 122 Å². The van der Waals surface area contributed by atoms with E-state index in [1.165, 1.54) is 54.6 Å². The fraction of sp³-hybridized carbons (Fsp3) is 0.0250. The third-order valence-electron chi connectivity index (χ3n) is 8.16. The van der Waals surface area contributed by atoms with E-state index in [1.54, 1.807) is 0 Å². The number of allylic oxidation sites excluding steroid dienone is 3. The van der Waals surface area contributed by atoms with Crippen LogP contribution in [0.15, 0.2) is 146 Å². The minimum atomic E-state index is 0.476. The molecule has 1 heteroatoms. The van der Waals surface area contributed by atoms with Crippen molar-refractivity contribution in [1.82, 2.24) is 0 Å². The number of rotatable bonds is 4. The predicted octanol–water partition coefficient (Wildman–Crippen LogP) is 11.1. The first kappa shape index (κ1) is 24.6. The van der Waals surface area contributed by atoms with Gasteiger partial charge in [-0.05, 0) is 102 Å². The summed E-state index contributed by atoms with van der Waals surface area (Å²) < 4.78 is 0. The van der Waals surface area contributed by atoms with E-state index in [4.69, 9.17) is 0 Å². The summed E-state index contributed by atoms with van der Waals surface area (Å²) >= 11 is 0. The fourth-order valence-corrected chi connectivity index (χ4v) is 6.24. The monoisotopic (exact) mass is 521 g/mol. The SMILES string of the molecule is C=C(C#N)/C(=C\C)c1ccc2ccc(-c3c4ccccc4c(-c4ccc5ccccc5c4)c4ccccc34)cc2c1. The molecular formula is C40H27N. The highest BCUT2D eigenvalue weighted by Gasteiger charge is 2.17. The zero-order valence-corrected chi connectivity index (χ0v) is 22.9. The van der Waals surface area contributed by atoms with E-state index in [0.717, 1.165) is 21.9 Å². The largest absolute Gasteiger partial charge is 0.192 e. The van der Waals surface area contributed by atoms with Crippen LogP contribution in [0.1, 0.15) is 12.5 Å². The Hall–Kier alpha value is -5.45. The van der Waals surface area contributed by atoms with Crippen LogP contribution in [-0.4, -0.2) is 0 Å². The minimum Gasteiger partial charge on any atom is -0.192 e. The maximum Gasteiger partial charge on any atom is 0.0991 e. The number of benzene rings is 7. The van der Waals surface area contributed by atoms with Gasteiger partial charge in [-0.25, -0.2) is 0 Å². The Labute approximate surface area is 239 Å². The van der Waals surface area contributed by atoms with E-state index in [2.05, 4.69) is 140 Å². The number of nitriles is 1. The molecule has 0 aliphatic rings. The molecule has 1 nitrogen and oxygen atoms in total. The molecule has 7 aromatic rings. The van der Waals surface area contributed by atoms with E-state index in [0.29, 0.717) is 5.57 Å². The Morgan fingerprint density at radius 1 is 0.561 bits per heavy atom. The highest BCUT2D eigenvalue weighted by molar-refractivity contribution is 6.22. The van der Waals surface area contributed by atoms with Crippen LogP contribution in [0.5, 0.6) is 0 Å². The Morgan fingerprint density at radius 2 is 1.02 bits per heavy atom. The average molecular weight is 522 g/mol. The zero-order chi connectivity index (χ0) is 27.9. The number of nitrogens with zero attached hydrogens (tertiary/aromatic N) is 1. The van der Waals surface area contributed by atoms with Crippen molar-refractivity contribution in [2.24, 2.45) is 0 Å². The number of hydrogen-bond acceptors (Lipinski definition) is 1. The van der Waals surface area contributed by atoms with Gasteiger partial charge in [-0.3, -0.25) is 0 Å². The Kier molecular flexibility index (Phi) is 5.96. The van der Waals surface area contributed by atoms with Crippen molar-refractivity contribution in [2.75, 3.05) is 0 Å². The molecule has 7 aromatic carbocycles. The van der Waals surface area contributed by atoms with Crippen molar-refractivity contribution in [3.05, 3.63) is 151 Å². The second-order valence-electron chi connectivity index (χ2n) is 10.5. The summed E-state index contributed by atoms with van der Waals surface area (Å²) in [6.07, 6.45) is 1.96. The Bertz CT molecular complexity index is 2180. The molecule has 0 unspecified atom stereocenters. The second-order valence-corrected chi connectivity index (χ2v) is 10.5. The third kappa shape index (κ3) is 4.09. The van der Waals surface area contributed by atoms with Gasteiger partial charge in [-0.2, -0.15) is 5.26 Å². The van der Waals surface area contributed by atoms with Crippen LogP contribution in [0.3, 0.4) is 0 Å². The van der Waals surface area contributed by atoms with Crippen LogP contribution >= 0.6 is 0 Å². The van der Waals surface area contributed by atoms with Gasteiger partial charge >= 0.3 is 0 Å². The van der Waals surface area contributed by atoms with E-state index >= 15 is 0 Å². The summed E-state index contributed by atoms with van der Waals surface area (Å²) in [5.41, 5.74) is 7.25. The van der Waals surface area contributed by atoms with Crippen molar-refractivity contribution in [2.45, 2.75) is 6.92 Å². The van der Waals surface area contributed by atoms with Crippen molar-refractivity contribution >= 4 is 48.7 Å². The quantitative estimate of drug-likeness (QED) is 0.128. The summed E-state index contributed by atoms with van der Waals surface area (Å²) in [6, 6.07) is 48.2. The molecule has 0 bridgehead atoms. The molecule has 192 valence electrons. The summed E-state index contributed by atoms with van der Waals surface area (Å²) in [5.74, 6) is 0. The van der Waals surface area contributed by atoms with E-state index in [1.807, 2.05) is 13.0 Å². The van der Waals surface area contributed by atoms with E-state index in [-0.39, 0.29) is 0 Å². The van der Waals surface area contributed by atoms with Crippen LogP contribution in [0.2, 0.25) is 0 Å². The molecule has 0 fully saturated rings.